The van der Waals surface area contributed by atoms with Crippen LogP contribution in [0.15, 0.2) is 12.1 Å². The van der Waals surface area contributed by atoms with Crippen LogP contribution in [0, 0.1) is 17.0 Å². The third kappa shape index (κ3) is 3.93. The van der Waals surface area contributed by atoms with Crippen LogP contribution in [-0.4, -0.2) is 67.1 Å². The van der Waals surface area contributed by atoms with E-state index in [0.717, 1.165) is 18.7 Å². The fourth-order valence-corrected chi connectivity index (χ4v) is 3.85. The largest absolute Gasteiger partial charge is 0.493 e. The zero-order chi connectivity index (χ0) is 21.1. The van der Waals surface area contributed by atoms with E-state index >= 15 is 0 Å². The molecule has 1 aromatic heterocycles. The summed E-state index contributed by atoms with van der Waals surface area (Å²) in [6.07, 6.45) is 0. The molecule has 1 aliphatic rings. The summed E-state index contributed by atoms with van der Waals surface area (Å²) in [6.45, 7) is 5.23. The van der Waals surface area contributed by atoms with Gasteiger partial charge in [-0.3, -0.25) is 15.0 Å². The van der Waals surface area contributed by atoms with Crippen molar-refractivity contribution in [3.05, 3.63) is 33.5 Å². The number of aromatic nitrogens is 2. The highest BCUT2D eigenvalue weighted by Gasteiger charge is 2.30. The van der Waals surface area contributed by atoms with Crippen molar-refractivity contribution in [1.82, 2.24) is 14.7 Å². The van der Waals surface area contributed by atoms with E-state index in [1.54, 1.807) is 40.0 Å². The van der Waals surface area contributed by atoms with E-state index in [4.69, 9.17) is 14.2 Å². The van der Waals surface area contributed by atoms with Crippen molar-refractivity contribution in [3.8, 4) is 17.2 Å². The number of aryl methyl sites for hydroxylation is 2. The normalized spacial score (nSPS) is 14.7. The highest BCUT2D eigenvalue weighted by Crippen LogP contribution is 2.40. The van der Waals surface area contributed by atoms with E-state index in [0.29, 0.717) is 48.4 Å². The molecule has 0 bridgehead atoms. The SMILES string of the molecule is COc1ccc(CN2CCN(c3c([N+](=O)[O-])c(C)nn3C)CC2)c(OC)c1OC. The number of benzene rings is 1. The van der Waals surface area contributed by atoms with Crippen molar-refractivity contribution in [2.24, 2.45) is 7.05 Å². The van der Waals surface area contributed by atoms with E-state index in [-0.39, 0.29) is 10.6 Å². The molecule has 0 N–H and O–H groups in total. The lowest BCUT2D eigenvalue weighted by atomic mass is 10.1. The molecule has 2 heterocycles. The second kappa shape index (κ2) is 8.56. The van der Waals surface area contributed by atoms with Crippen LogP contribution in [0.25, 0.3) is 0 Å². The second-order valence-electron chi connectivity index (χ2n) is 6.89. The Labute approximate surface area is 169 Å². The molecule has 10 heteroatoms. The van der Waals surface area contributed by atoms with Crippen LogP contribution >= 0.6 is 0 Å². The number of anilines is 1. The number of piperazine rings is 1. The van der Waals surface area contributed by atoms with E-state index in [1.807, 2.05) is 17.0 Å². The molecule has 10 nitrogen and oxygen atoms in total. The van der Waals surface area contributed by atoms with Gasteiger partial charge in [0.05, 0.1) is 26.3 Å². The van der Waals surface area contributed by atoms with Gasteiger partial charge in [0.2, 0.25) is 11.6 Å². The van der Waals surface area contributed by atoms with Crippen molar-refractivity contribution in [1.29, 1.82) is 0 Å². The molecule has 0 unspecified atom stereocenters. The Hall–Kier alpha value is -3.01. The lowest BCUT2D eigenvalue weighted by Crippen LogP contribution is -2.46. The first kappa shape index (κ1) is 20.7. The first-order valence-corrected chi connectivity index (χ1v) is 9.34. The number of hydrogen-bond donors (Lipinski definition) is 0. The molecule has 0 spiro atoms. The minimum Gasteiger partial charge on any atom is -0.493 e. The van der Waals surface area contributed by atoms with Gasteiger partial charge >= 0.3 is 5.69 Å². The Balaban J connectivity index is 1.74. The van der Waals surface area contributed by atoms with Gasteiger partial charge < -0.3 is 19.1 Å². The van der Waals surface area contributed by atoms with E-state index in [1.165, 1.54) is 0 Å². The Morgan fingerprint density at radius 1 is 1.07 bits per heavy atom. The van der Waals surface area contributed by atoms with Gasteiger partial charge in [0.1, 0.15) is 5.69 Å². The van der Waals surface area contributed by atoms with E-state index in [9.17, 15) is 10.1 Å². The zero-order valence-electron chi connectivity index (χ0n) is 17.5. The third-order valence-corrected chi connectivity index (χ3v) is 5.20. The summed E-state index contributed by atoms with van der Waals surface area (Å²) in [7, 11) is 6.54. The maximum Gasteiger partial charge on any atom is 0.333 e. The molecule has 0 atom stereocenters. The summed E-state index contributed by atoms with van der Waals surface area (Å²) in [5.41, 5.74) is 1.52. The van der Waals surface area contributed by atoms with Crippen LogP contribution in [0.4, 0.5) is 11.5 Å². The van der Waals surface area contributed by atoms with Gasteiger partial charge in [-0.25, -0.2) is 4.68 Å². The lowest BCUT2D eigenvalue weighted by Gasteiger charge is -2.35. The molecule has 0 aliphatic carbocycles. The Kier molecular flexibility index (Phi) is 6.12. The highest BCUT2D eigenvalue weighted by atomic mass is 16.6. The molecule has 29 heavy (non-hydrogen) atoms. The fraction of sp³-hybridized carbons (Fsp3) is 0.526. The first-order valence-electron chi connectivity index (χ1n) is 9.34. The number of methoxy groups -OCH3 is 3. The monoisotopic (exact) mass is 405 g/mol. The molecule has 0 radical (unpaired) electrons. The van der Waals surface area contributed by atoms with Crippen molar-refractivity contribution in [2.75, 3.05) is 52.4 Å². The van der Waals surface area contributed by atoms with Crippen LogP contribution < -0.4 is 19.1 Å². The van der Waals surface area contributed by atoms with Crippen LogP contribution in [-0.2, 0) is 13.6 Å². The quantitative estimate of drug-likeness (QED) is 0.510. The minimum atomic E-state index is -0.349. The molecule has 158 valence electrons. The van der Waals surface area contributed by atoms with Gasteiger partial charge in [-0.15, -0.1) is 0 Å². The zero-order valence-corrected chi connectivity index (χ0v) is 17.5. The summed E-state index contributed by atoms with van der Waals surface area (Å²) < 4.78 is 18.0. The summed E-state index contributed by atoms with van der Waals surface area (Å²) >= 11 is 0. The van der Waals surface area contributed by atoms with Crippen molar-refractivity contribution in [2.45, 2.75) is 13.5 Å². The number of nitrogens with zero attached hydrogens (tertiary/aromatic N) is 5. The van der Waals surface area contributed by atoms with E-state index < -0.39 is 0 Å². The highest BCUT2D eigenvalue weighted by molar-refractivity contribution is 5.61. The van der Waals surface area contributed by atoms with Crippen LogP contribution in [0.3, 0.4) is 0 Å². The van der Waals surface area contributed by atoms with Gasteiger partial charge in [-0.2, -0.15) is 5.10 Å². The van der Waals surface area contributed by atoms with Gasteiger partial charge in [0.25, 0.3) is 0 Å². The third-order valence-electron chi connectivity index (χ3n) is 5.20. The maximum absolute atomic E-state index is 11.5. The number of ether oxygens (including phenoxy) is 3. The Bertz CT molecular complexity index is 890. The Morgan fingerprint density at radius 3 is 2.28 bits per heavy atom. The molecular weight excluding hydrogens is 378 g/mol. The molecule has 0 saturated carbocycles. The number of nitro groups is 1. The van der Waals surface area contributed by atoms with E-state index in [2.05, 4.69) is 10.00 Å². The van der Waals surface area contributed by atoms with Crippen molar-refractivity contribution < 1.29 is 19.1 Å². The van der Waals surface area contributed by atoms with Crippen molar-refractivity contribution >= 4 is 11.5 Å². The average molecular weight is 405 g/mol. The molecule has 2 aromatic rings. The van der Waals surface area contributed by atoms with Gasteiger partial charge in [-0.1, -0.05) is 6.07 Å². The molecule has 1 fully saturated rings. The van der Waals surface area contributed by atoms with Crippen molar-refractivity contribution in [3.63, 3.8) is 0 Å². The summed E-state index contributed by atoms with van der Waals surface area (Å²) in [6, 6.07) is 3.84. The number of rotatable bonds is 7. The predicted molar refractivity (Wildman–Crippen MR) is 108 cm³/mol. The molecule has 1 aliphatic heterocycles. The Morgan fingerprint density at radius 2 is 1.72 bits per heavy atom. The fourth-order valence-electron chi connectivity index (χ4n) is 3.85. The molecule has 3 rings (SSSR count). The van der Waals surface area contributed by atoms with Crippen LogP contribution in [0.2, 0.25) is 0 Å². The smallest absolute Gasteiger partial charge is 0.333 e. The molecule has 1 aromatic carbocycles. The molecular formula is C19H27N5O5. The molecule has 0 amide bonds. The standard InChI is InChI=1S/C19H27N5O5/c1-13-16(24(25)26)19(21(2)20-13)23-10-8-22(9-11-23)12-14-6-7-15(27-3)18(29-5)17(14)28-4/h6-7H,8-12H2,1-5H3. The summed E-state index contributed by atoms with van der Waals surface area (Å²) in [5.74, 6) is 2.42. The van der Waals surface area contributed by atoms with Gasteiger partial charge in [-0.05, 0) is 13.0 Å². The lowest BCUT2D eigenvalue weighted by molar-refractivity contribution is -0.384. The van der Waals surface area contributed by atoms with Crippen LogP contribution in [0.5, 0.6) is 17.2 Å². The maximum atomic E-state index is 11.5. The van der Waals surface area contributed by atoms with Gasteiger partial charge in [0.15, 0.2) is 11.5 Å². The average Bonchev–Trinajstić information content (AvgIpc) is 3.02. The number of hydrogen-bond acceptors (Lipinski definition) is 8. The van der Waals surface area contributed by atoms with Crippen LogP contribution in [0.1, 0.15) is 11.3 Å². The topological polar surface area (TPSA) is 95.1 Å². The molecule has 1 saturated heterocycles. The minimum absolute atomic E-state index is 0.0857. The summed E-state index contributed by atoms with van der Waals surface area (Å²) in [5, 5.41) is 15.7. The van der Waals surface area contributed by atoms with Gasteiger partial charge in [0, 0.05) is 45.3 Å². The first-order chi connectivity index (χ1) is 13.9. The summed E-state index contributed by atoms with van der Waals surface area (Å²) in [4.78, 5) is 15.4. The second-order valence-corrected chi connectivity index (χ2v) is 6.89. The predicted octanol–water partition coefficient (Wildman–Crippen LogP) is 1.98.